The molecule has 0 heterocycles. The fraction of sp³-hybridized carbons (Fsp3) is 0.417. The zero-order chi connectivity index (χ0) is 12.8. The third kappa shape index (κ3) is 3.35. The number of hydrogen-bond acceptors (Lipinski definition) is 4. The number of benzene rings is 1. The van der Waals surface area contributed by atoms with Crippen LogP contribution in [-0.4, -0.2) is 35.0 Å². The summed E-state index contributed by atoms with van der Waals surface area (Å²) in [6.45, 7) is -0.0497. The second-order valence-corrected chi connectivity index (χ2v) is 3.69. The molecule has 0 fully saturated rings. The molecule has 0 bridgehead atoms. The van der Waals surface area contributed by atoms with E-state index in [1.165, 1.54) is 19.2 Å². The Labute approximate surface area is 99.3 Å². The summed E-state index contributed by atoms with van der Waals surface area (Å²) in [5.74, 6) is -1.47. The second kappa shape index (κ2) is 6.10. The summed E-state index contributed by atoms with van der Waals surface area (Å²) < 4.78 is 4.88. The van der Waals surface area contributed by atoms with E-state index >= 15 is 0 Å². The van der Waals surface area contributed by atoms with Crippen LogP contribution in [0.15, 0.2) is 18.2 Å². The number of aliphatic hydroxyl groups is 1. The van der Waals surface area contributed by atoms with E-state index in [1.54, 1.807) is 6.07 Å². The highest BCUT2D eigenvalue weighted by molar-refractivity contribution is 5.76. The molecule has 1 unspecified atom stereocenters. The third-order valence-corrected chi connectivity index (χ3v) is 2.55. The van der Waals surface area contributed by atoms with E-state index < -0.39 is 11.9 Å². The Bertz CT molecular complexity index is 388. The lowest BCUT2D eigenvalue weighted by Crippen LogP contribution is -2.12. The number of methoxy groups -OCH3 is 1. The molecule has 1 atom stereocenters. The van der Waals surface area contributed by atoms with Crippen LogP contribution in [0.2, 0.25) is 0 Å². The predicted octanol–water partition coefficient (Wildman–Crippen LogP) is 1.34. The topological polar surface area (TPSA) is 87.0 Å². The van der Waals surface area contributed by atoms with E-state index in [2.05, 4.69) is 0 Å². The molecule has 0 aliphatic rings. The summed E-state index contributed by atoms with van der Waals surface area (Å²) >= 11 is 0. The largest absolute Gasteiger partial charge is 0.504 e. The van der Waals surface area contributed by atoms with Crippen molar-refractivity contribution in [3.63, 3.8) is 0 Å². The van der Waals surface area contributed by atoms with E-state index in [-0.39, 0.29) is 12.4 Å². The van der Waals surface area contributed by atoms with Crippen molar-refractivity contribution in [2.45, 2.75) is 18.8 Å². The summed E-state index contributed by atoms with van der Waals surface area (Å²) in [4.78, 5) is 11.1. The minimum atomic E-state index is -0.969. The van der Waals surface area contributed by atoms with Crippen LogP contribution in [0, 0.1) is 0 Å². The molecule has 3 N–H and O–H groups in total. The van der Waals surface area contributed by atoms with Gasteiger partial charge in [-0.05, 0) is 30.5 Å². The number of rotatable bonds is 6. The number of aliphatic hydroxyl groups excluding tert-OH is 1. The molecule has 5 nitrogen and oxygen atoms in total. The van der Waals surface area contributed by atoms with Gasteiger partial charge in [-0.2, -0.15) is 0 Å². The Morgan fingerprint density at radius 1 is 1.47 bits per heavy atom. The fourth-order valence-corrected chi connectivity index (χ4v) is 1.65. The predicted molar refractivity (Wildman–Crippen MR) is 61.4 cm³/mol. The van der Waals surface area contributed by atoms with Gasteiger partial charge in [0.2, 0.25) is 0 Å². The molecule has 0 amide bonds. The van der Waals surface area contributed by atoms with Gasteiger partial charge in [-0.3, -0.25) is 4.79 Å². The van der Waals surface area contributed by atoms with Gasteiger partial charge in [0.05, 0.1) is 13.0 Å². The Balaban J connectivity index is 2.94. The maximum atomic E-state index is 11.1. The highest BCUT2D eigenvalue weighted by atomic mass is 16.5. The van der Waals surface area contributed by atoms with Gasteiger partial charge in [-0.15, -0.1) is 0 Å². The van der Waals surface area contributed by atoms with Crippen molar-refractivity contribution in [1.29, 1.82) is 0 Å². The van der Waals surface area contributed by atoms with Gasteiger partial charge in [-0.25, -0.2) is 0 Å². The number of phenolic OH excluding ortho intramolecular Hbond substituents is 1. The number of phenols is 1. The fourth-order valence-electron chi connectivity index (χ4n) is 1.65. The monoisotopic (exact) mass is 240 g/mol. The smallest absolute Gasteiger partial charge is 0.310 e. The van der Waals surface area contributed by atoms with Crippen molar-refractivity contribution in [3.8, 4) is 11.5 Å². The number of carbonyl (C=O) groups is 1. The maximum Gasteiger partial charge on any atom is 0.310 e. The number of carboxylic acid groups (broad SMARTS) is 1. The summed E-state index contributed by atoms with van der Waals surface area (Å²) in [6, 6.07) is 4.52. The van der Waals surface area contributed by atoms with Crippen LogP contribution in [0.4, 0.5) is 0 Å². The average molecular weight is 240 g/mol. The van der Waals surface area contributed by atoms with Crippen molar-refractivity contribution < 1.29 is 24.9 Å². The average Bonchev–Trinajstić information content (AvgIpc) is 2.29. The van der Waals surface area contributed by atoms with Crippen molar-refractivity contribution in [3.05, 3.63) is 23.8 Å². The van der Waals surface area contributed by atoms with Gasteiger partial charge in [0.15, 0.2) is 11.5 Å². The lowest BCUT2D eigenvalue weighted by atomic mass is 9.94. The second-order valence-electron chi connectivity index (χ2n) is 3.69. The summed E-state index contributed by atoms with van der Waals surface area (Å²) in [5.41, 5.74) is 0.504. The molecule has 0 saturated carbocycles. The lowest BCUT2D eigenvalue weighted by molar-refractivity contribution is -0.139. The maximum absolute atomic E-state index is 11.1. The molecule has 0 spiro atoms. The molecule has 0 aromatic heterocycles. The summed E-state index contributed by atoms with van der Waals surface area (Å²) in [5, 5.41) is 27.4. The minimum Gasteiger partial charge on any atom is -0.504 e. The number of aromatic hydroxyl groups is 1. The first-order valence-corrected chi connectivity index (χ1v) is 5.30. The zero-order valence-corrected chi connectivity index (χ0v) is 9.59. The van der Waals surface area contributed by atoms with E-state index in [4.69, 9.17) is 14.9 Å². The summed E-state index contributed by atoms with van der Waals surface area (Å²) in [7, 11) is 1.43. The minimum absolute atomic E-state index is 0.0497. The van der Waals surface area contributed by atoms with Gasteiger partial charge in [0, 0.05) is 6.61 Å². The molecule has 1 aromatic carbocycles. The van der Waals surface area contributed by atoms with Crippen LogP contribution < -0.4 is 4.74 Å². The Kier molecular flexibility index (Phi) is 4.78. The highest BCUT2D eigenvalue weighted by Crippen LogP contribution is 2.31. The van der Waals surface area contributed by atoms with E-state index in [0.717, 1.165) is 0 Å². The third-order valence-electron chi connectivity index (χ3n) is 2.55. The van der Waals surface area contributed by atoms with Crippen molar-refractivity contribution >= 4 is 5.97 Å². The van der Waals surface area contributed by atoms with Crippen LogP contribution in [-0.2, 0) is 4.79 Å². The van der Waals surface area contributed by atoms with Gasteiger partial charge >= 0.3 is 5.97 Å². The van der Waals surface area contributed by atoms with Crippen LogP contribution in [0.5, 0.6) is 11.5 Å². The molecule has 5 heteroatoms. The molecule has 1 aromatic rings. The van der Waals surface area contributed by atoms with E-state index in [0.29, 0.717) is 24.2 Å². The van der Waals surface area contributed by atoms with E-state index in [1.807, 2.05) is 0 Å². The summed E-state index contributed by atoms with van der Waals surface area (Å²) in [6.07, 6.45) is 0.737. The standard InChI is InChI=1S/C12H16O5/c1-17-11-5-4-8(7-10(11)14)9(12(15)16)3-2-6-13/h4-5,7,9,13-14H,2-3,6H2,1H3,(H,15,16). The molecule has 94 valence electrons. The molecule has 0 radical (unpaired) electrons. The molecule has 0 saturated heterocycles. The Hall–Kier alpha value is -1.75. The Morgan fingerprint density at radius 3 is 2.65 bits per heavy atom. The lowest BCUT2D eigenvalue weighted by Gasteiger charge is -2.13. The Morgan fingerprint density at radius 2 is 2.18 bits per heavy atom. The van der Waals surface area contributed by atoms with Crippen LogP contribution in [0.3, 0.4) is 0 Å². The van der Waals surface area contributed by atoms with Crippen molar-refractivity contribution in [2.75, 3.05) is 13.7 Å². The van der Waals surface area contributed by atoms with Crippen LogP contribution in [0.1, 0.15) is 24.3 Å². The normalized spacial score (nSPS) is 12.1. The van der Waals surface area contributed by atoms with Gasteiger partial charge in [0.1, 0.15) is 0 Å². The van der Waals surface area contributed by atoms with Crippen LogP contribution >= 0.6 is 0 Å². The number of carboxylic acids is 1. The first kappa shape index (κ1) is 13.3. The van der Waals surface area contributed by atoms with Crippen molar-refractivity contribution in [1.82, 2.24) is 0 Å². The molecule has 0 aliphatic heterocycles. The zero-order valence-electron chi connectivity index (χ0n) is 9.59. The van der Waals surface area contributed by atoms with Gasteiger partial charge in [0.25, 0.3) is 0 Å². The van der Waals surface area contributed by atoms with Crippen LogP contribution in [0.25, 0.3) is 0 Å². The molecular weight excluding hydrogens is 224 g/mol. The quantitative estimate of drug-likeness (QED) is 0.698. The molecule has 17 heavy (non-hydrogen) atoms. The van der Waals surface area contributed by atoms with Crippen molar-refractivity contribution in [2.24, 2.45) is 0 Å². The molecular formula is C12H16O5. The van der Waals surface area contributed by atoms with E-state index in [9.17, 15) is 9.90 Å². The number of hydrogen-bond donors (Lipinski definition) is 3. The molecule has 0 aliphatic carbocycles. The number of ether oxygens (including phenoxy) is 1. The van der Waals surface area contributed by atoms with Gasteiger partial charge < -0.3 is 20.1 Å². The highest BCUT2D eigenvalue weighted by Gasteiger charge is 2.20. The van der Waals surface area contributed by atoms with Gasteiger partial charge in [-0.1, -0.05) is 6.07 Å². The first-order valence-electron chi connectivity index (χ1n) is 5.30. The SMILES string of the molecule is COc1ccc(C(CCCO)C(=O)O)cc1O. The number of aliphatic carboxylic acids is 1. The molecule has 1 rings (SSSR count). The first-order chi connectivity index (χ1) is 8.10.